The van der Waals surface area contributed by atoms with Gasteiger partial charge in [-0.05, 0) is 19.1 Å². The largest absolute Gasteiger partial charge is 0.322 e. The van der Waals surface area contributed by atoms with Gasteiger partial charge in [0.2, 0.25) is 5.69 Å². The summed E-state index contributed by atoms with van der Waals surface area (Å²) in [6.45, 7) is 1.54. The summed E-state index contributed by atoms with van der Waals surface area (Å²) in [5, 5.41) is 17.4. The van der Waals surface area contributed by atoms with E-state index in [1.54, 1.807) is 19.2 Å². The summed E-state index contributed by atoms with van der Waals surface area (Å²) in [4.78, 5) is 26.2. The van der Waals surface area contributed by atoms with Gasteiger partial charge in [-0.2, -0.15) is 5.10 Å². The molecule has 0 aliphatic carbocycles. The van der Waals surface area contributed by atoms with Gasteiger partial charge in [-0.1, -0.05) is 0 Å². The maximum absolute atomic E-state index is 12.0. The van der Waals surface area contributed by atoms with Crippen LogP contribution in [0.5, 0.6) is 0 Å². The number of nitrogens with zero attached hydrogens (tertiary/aromatic N) is 4. The second-order valence-electron chi connectivity index (χ2n) is 3.85. The second-order valence-corrected chi connectivity index (χ2v) is 3.85. The molecule has 0 spiro atoms. The van der Waals surface area contributed by atoms with Crippen LogP contribution in [0.15, 0.2) is 24.5 Å². The summed E-state index contributed by atoms with van der Waals surface area (Å²) >= 11 is 0. The monoisotopic (exact) mass is 261 g/mol. The third-order valence-corrected chi connectivity index (χ3v) is 2.64. The van der Waals surface area contributed by atoms with Crippen molar-refractivity contribution in [3.8, 4) is 0 Å². The molecule has 0 unspecified atom stereocenters. The number of aryl methyl sites for hydroxylation is 1. The fraction of sp³-hybridized carbons (Fsp3) is 0.182. The summed E-state index contributed by atoms with van der Waals surface area (Å²) in [6.07, 6.45) is 3.02. The van der Waals surface area contributed by atoms with Crippen molar-refractivity contribution in [1.29, 1.82) is 0 Å². The Morgan fingerprint density at radius 1 is 1.42 bits per heavy atom. The Morgan fingerprint density at radius 2 is 2.05 bits per heavy atom. The molecule has 0 saturated carbocycles. The van der Waals surface area contributed by atoms with Crippen LogP contribution >= 0.6 is 0 Å². The third kappa shape index (κ3) is 2.41. The van der Waals surface area contributed by atoms with E-state index in [9.17, 15) is 14.9 Å². The van der Waals surface area contributed by atoms with Crippen molar-refractivity contribution in [3.05, 3.63) is 46.0 Å². The van der Waals surface area contributed by atoms with E-state index in [4.69, 9.17) is 0 Å². The minimum atomic E-state index is -0.624. The number of amides is 1. The molecule has 1 amide bonds. The van der Waals surface area contributed by atoms with Crippen molar-refractivity contribution in [1.82, 2.24) is 14.8 Å². The number of pyridine rings is 1. The zero-order valence-corrected chi connectivity index (χ0v) is 10.3. The molecule has 0 radical (unpaired) electrons. The van der Waals surface area contributed by atoms with E-state index in [-0.39, 0.29) is 11.4 Å². The van der Waals surface area contributed by atoms with Gasteiger partial charge in [-0.25, -0.2) is 0 Å². The average Bonchev–Trinajstić information content (AvgIpc) is 2.67. The number of anilines is 1. The first-order chi connectivity index (χ1) is 9.00. The van der Waals surface area contributed by atoms with E-state index in [2.05, 4.69) is 15.4 Å². The van der Waals surface area contributed by atoms with Crippen molar-refractivity contribution < 1.29 is 9.72 Å². The van der Waals surface area contributed by atoms with Gasteiger partial charge in [-0.3, -0.25) is 24.6 Å². The first-order valence-electron chi connectivity index (χ1n) is 5.40. The van der Waals surface area contributed by atoms with E-state index in [1.807, 2.05) is 0 Å². The van der Waals surface area contributed by atoms with E-state index in [1.165, 1.54) is 24.0 Å². The minimum absolute atomic E-state index is 0.207. The third-order valence-electron chi connectivity index (χ3n) is 2.64. The van der Waals surface area contributed by atoms with Crippen molar-refractivity contribution in [2.45, 2.75) is 6.92 Å². The van der Waals surface area contributed by atoms with Gasteiger partial charge in [-0.15, -0.1) is 0 Å². The van der Waals surface area contributed by atoms with Crippen LogP contribution in [0.4, 0.5) is 11.4 Å². The van der Waals surface area contributed by atoms with Gasteiger partial charge in [0.25, 0.3) is 5.91 Å². The molecule has 0 aliphatic rings. The van der Waals surface area contributed by atoms with Crippen LogP contribution < -0.4 is 5.32 Å². The predicted octanol–water partition coefficient (Wildman–Crippen LogP) is 1.28. The molecule has 1 N–H and O–H groups in total. The molecule has 8 heteroatoms. The number of carbonyl (C=O) groups excluding carboxylic acids is 1. The molecule has 2 aromatic heterocycles. The maximum Gasteiger partial charge on any atom is 0.322 e. The highest BCUT2D eigenvalue weighted by atomic mass is 16.6. The molecule has 2 heterocycles. The van der Waals surface area contributed by atoms with Crippen LogP contribution in [0.3, 0.4) is 0 Å². The Bertz CT molecular complexity index is 635. The van der Waals surface area contributed by atoms with E-state index in [0.29, 0.717) is 11.4 Å². The van der Waals surface area contributed by atoms with E-state index < -0.39 is 10.8 Å². The zero-order valence-electron chi connectivity index (χ0n) is 10.3. The smallest absolute Gasteiger partial charge is 0.320 e. The molecule has 0 aromatic carbocycles. The highest BCUT2D eigenvalue weighted by molar-refractivity contribution is 6.05. The summed E-state index contributed by atoms with van der Waals surface area (Å²) in [6, 6.07) is 3.17. The fourth-order valence-electron chi connectivity index (χ4n) is 1.59. The normalized spacial score (nSPS) is 10.2. The Balaban J connectivity index is 2.35. The standard InChI is InChI=1S/C11H11N5O3/c1-7-10(16(18)19)9(14-15(7)2)11(17)13-8-3-5-12-6-4-8/h3-6H,1-2H3,(H,12,13,17). The summed E-state index contributed by atoms with van der Waals surface area (Å²) in [5.41, 5.74) is 0.332. The Kier molecular flexibility index (Phi) is 3.23. The van der Waals surface area contributed by atoms with E-state index in [0.717, 1.165) is 0 Å². The first kappa shape index (κ1) is 12.7. The van der Waals surface area contributed by atoms with Crippen molar-refractivity contribution in [3.63, 3.8) is 0 Å². The summed E-state index contributed by atoms with van der Waals surface area (Å²) < 4.78 is 1.31. The number of rotatable bonds is 3. The van der Waals surface area contributed by atoms with Gasteiger partial charge in [0.05, 0.1) is 4.92 Å². The first-order valence-corrected chi connectivity index (χ1v) is 5.40. The van der Waals surface area contributed by atoms with Gasteiger partial charge in [0.1, 0.15) is 5.69 Å². The van der Waals surface area contributed by atoms with Crippen LogP contribution in [-0.2, 0) is 7.05 Å². The fourth-order valence-corrected chi connectivity index (χ4v) is 1.59. The number of carbonyl (C=O) groups is 1. The van der Waals surface area contributed by atoms with Crippen molar-refractivity contribution in [2.24, 2.45) is 7.05 Å². The number of hydrogen-bond acceptors (Lipinski definition) is 5. The number of nitrogens with one attached hydrogen (secondary N) is 1. The highest BCUT2D eigenvalue weighted by Crippen LogP contribution is 2.22. The minimum Gasteiger partial charge on any atom is -0.320 e. The number of hydrogen-bond donors (Lipinski definition) is 1. The molecule has 2 aromatic rings. The van der Waals surface area contributed by atoms with Crippen LogP contribution in [-0.4, -0.2) is 25.6 Å². The molecule has 2 rings (SSSR count). The average molecular weight is 261 g/mol. The predicted molar refractivity (Wildman–Crippen MR) is 66.8 cm³/mol. The van der Waals surface area contributed by atoms with Gasteiger partial charge in [0.15, 0.2) is 0 Å². The lowest BCUT2D eigenvalue weighted by Gasteiger charge is -2.01. The van der Waals surface area contributed by atoms with Crippen molar-refractivity contribution in [2.75, 3.05) is 5.32 Å². The van der Waals surface area contributed by atoms with Crippen LogP contribution in [0, 0.1) is 17.0 Å². The lowest BCUT2D eigenvalue weighted by atomic mass is 10.3. The zero-order chi connectivity index (χ0) is 14.0. The molecule has 98 valence electrons. The lowest BCUT2D eigenvalue weighted by Crippen LogP contribution is -2.14. The molecule has 0 bridgehead atoms. The highest BCUT2D eigenvalue weighted by Gasteiger charge is 2.28. The Labute approximate surface area is 108 Å². The van der Waals surface area contributed by atoms with Crippen LogP contribution in [0.1, 0.15) is 16.2 Å². The summed E-state index contributed by atoms with van der Waals surface area (Å²) in [7, 11) is 1.55. The van der Waals surface area contributed by atoms with Crippen LogP contribution in [0.2, 0.25) is 0 Å². The molecule has 8 nitrogen and oxygen atoms in total. The maximum atomic E-state index is 12.0. The number of aromatic nitrogens is 3. The molecular weight excluding hydrogens is 250 g/mol. The Morgan fingerprint density at radius 3 is 2.63 bits per heavy atom. The molecule has 0 saturated heterocycles. The number of nitro groups is 1. The van der Waals surface area contributed by atoms with Crippen LogP contribution in [0.25, 0.3) is 0 Å². The van der Waals surface area contributed by atoms with Gasteiger partial charge >= 0.3 is 5.69 Å². The second kappa shape index (κ2) is 4.84. The molecular formula is C11H11N5O3. The van der Waals surface area contributed by atoms with Gasteiger partial charge < -0.3 is 5.32 Å². The quantitative estimate of drug-likeness (QED) is 0.662. The Hall–Kier alpha value is -2.77. The SMILES string of the molecule is Cc1c([N+](=O)[O-])c(C(=O)Nc2ccncc2)nn1C. The molecule has 19 heavy (non-hydrogen) atoms. The molecule has 0 atom stereocenters. The molecule has 0 aliphatic heterocycles. The van der Waals surface area contributed by atoms with E-state index >= 15 is 0 Å². The van der Waals surface area contributed by atoms with Crippen molar-refractivity contribution >= 4 is 17.3 Å². The van der Waals surface area contributed by atoms with Gasteiger partial charge in [0, 0.05) is 25.1 Å². The summed E-state index contributed by atoms with van der Waals surface area (Å²) in [5.74, 6) is -0.624. The molecule has 0 fully saturated rings. The topological polar surface area (TPSA) is 103 Å². The lowest BCUT2D eigenvalue weighted by molar-refractivity contribution is -0.385.